The number of nitro benzene ring substituents is 1. The van der Waals surface area contributed by atoms with Crippen molar-refractivity contribution in [2.75, 3.05) is 6.61 Å². The minimum atomic E-state index is -0.778. The summed E-state index contributed by atoms with van der Waals surface area (Å²) >= 11 is 0. The molecule has 0 saturated heterocycles. The minimum absolute atomic E-state index is 0.0156. The topological polar surface area (TPSA) is 72.6 Å². The predicted molar refractivity (Wildman–Crippen MR) is 78.2 cm³/mol. The van der Waals surface area contributed by atoms with Crippen molar-refractivity contribution in [3.63, 3.8) is 0 Å². The van der Waals surface area contributed by atoms with Crippen molar-refractivity contribution in [3.8, 4) is 5.75 Å². The van der Waals surface area contributed by atoms with E-state index in [2.05, 4.69) is 0 Å². The number of aliphatic hydroxyl groups excluding tert-OH is 1. The number of hydrogen-bond acceptors (Lipinski definition) is 4. The van der Waals surface area contributed by atoms with Gasteiger partial charge in [0.1, 0.15) is 5.75 Å². The number of benzene rings is 1. The largest absolute Gasteiger partial charge is 0.493 e. The van der Waals surface area contributed by atoms with Gasteiger partial charge in [-0.1, -0.05) is 6.42 Å². The highest BCUT2D eigenvalue weighted by molar-refractivity contribution is 5.44. The van der Waals surface area contributed by atoms with Crippen LogP contribution >= 0.6 is 0 Å². The zero-order valence-electron chi connectivity index (χ0n) is 12.2. The Morgan fingerprint density at radius 1 is 1.43 bits per heavy atom. The first-order chi connectivity index (χ1) is 10.0. The van der Waals surface area contributed by atoms with E-state index < -0.39 is 11.0 Å². The standard InChI is InChI=1S/C16H21NO4/c1-10(18)15-8-14(17(19)20)4-5-16(15)21-9-13-7-11-2-3-12(13)6-11/h4-5,8,10-13,18H,2-3,6-7,9H2,1H3. The molecule has 2 fully saturated rings. The Balaban J connectivity index is 1.71. The Morgan fingerprint density at radius 2 is 2.24 bits per heavy atom. The highest BCUT2D eigenvalue weighted by Gasteiger charge is 2.39. The molecule has 0 spiro atoms. The molecule has 5 heteroatoms. The highest BCUT2D eigenvalue weighted by atomic mass is 16.6. The minimum Gasteiger partial charge on any atom is -0.493 e. The van der Waals surface area contributed by atoms with E-state index in [9.17, 15) is 15.2 Å². The van der Waals surface area contributed by atoms with Crippen LogP contribution in [0.2, 0.25) is 0 Å². The summed E-state index contributed by atoms with van der Waals surface area (Å²) in [6, 6.07) is 4.44. The van der Waals surface area contributed by atoms with E-state index in [4.69, 9.17) is 4.74 Å². The molecule has 0 aromatic heterocycles. The second-order valence-electron chi connectivity index (χ2n) is 6.40. The van der Waals surface area contributed by atoms with Gasteiger partial charge in [-0.15, -0.1) is 0 Å². The number of non-ortho nitro benzene ring substituents is 1. The highest BCUT2D eigenvalue weighted by Crippen LogP contribution is 2.48. The van der Waals surface area contributed by atoms with E-state index in [1.54, 1.807) is 13.0 Å². The third kappa shape index (κ3) is 2.88. The van der Waals surface area contributed by atoms with Crippen LogP contribution in [-0.4, -0.2) is 16.6 Å². The van der Waals surface area contributed by atoms with Crippen LogP contribution in [0.4, 0.5) is 5.69 Å². The van der Waals surface area contributed by atoms with Crippen molar-refractivity contribution in [2.45, 2.75) is 38.7 Å². The molecule has 2 bridgehead atoms. The molecule has 2 saturated carbocycles. The molecule has 0 heterocycles. The molecule has 21 heavy (non-hydrogen) atoms. The molecule has 0 aliphatic heterocycles. The van der Waals surface area contributed by atoms with Gasteiger partial charge in [0.2, 0.25) is 0 Å². The van der Waals surface area contributed by atoms with Crippen molar-refractivity contribution in [1.29, 1.82) is 0 Å². The molecule has 1 N–H and O–H groups in total. The van der Waals surface area contributed by atoms with E-state index in [-0.39, 0.29) is 5.69 Å². The third-order valence-corrected chi connectivity index (χ3v) is 4.99. The van der Waals surface area contributed by atoms with Crippen LogP contribution < -0.4 is 4.74 Å². The zero-order valence-corrected chi connectivity index (χ0v) is 12.2. The Labute approximate surface area is 124 Å². The van der Waals surface area contributed by atoms with Crippen molar-refractivity contribution in [3.05, 3.63) is 33.9 Å². The lowest BCUT2D eigenvalue weighted by Gasteiger charge is -2.22. The molecule has 2 aliphatic carbocycles. The summed E-state index contributed by atoms with van der Waals surface area (Å²) in [7, 11) is 0. The van der Waals surface area contributed by atoms with Crippen molar-refractivity contribution in [2.24, 2.45) is 17.8 Å². The number of nitrogens with zero attached hydrogens (tertiary/aromatic N) is 1. The summed E-state index contributed by atoms with van der Waals surface area (Å²) in [6.07, 6.45) is 4.46. The molecule has 1 aromatic rings. The average Bonchev–Trinajstić information content (AvgIpc) is 3.07. The molecule has 3 rings (SSSR count). The lowest BCUT2D eigenvalue weighted by molar-refractivity contribution is -0.385. The lowest BCUT2D eigenvalue weighted by Crippen LogP contribution is -2.19. The normalized spacial score (nSPS) is 28.6. The van der Waals surface area contributed by atoms with Crippen LogP contribution in [0.25, 0.3) is 0 Å². The number of nitro groups is 1. The fourth-order valence-electron chi connectivity index (χ4n) is 3.88. The van der Waals surface area contributed by atoms with Gasteiger partial charge in [0, 0.05) is 17.7 Å². The van der Waals surface area contributed by atoms with Gasteiger partial charge in [-0.2, -0.15) is 0 Å². The van der Waals surface area contributed by atoms with Gasteiger partial charge in [0.15, 0.2) is 0 Å². The third-order valence-electron chi connectivity index (χ3n) is 4.99. The summed E-state index contributed by atoms with van der Waals surface area (Å²) in [4.78, 5) is 10.4. The van der Waals surface area contributed by atoms with Crippen LogP contribution in [0.15, 0.2) is 18.2 Å². The predicted octanol–water partition coefficient (Wildman–Crippen LogP) is 3.46. The van der Waals surface area contributed by atoms with Crippen molar-refractivity contribution in [1.82, 2.24) is 0 Å². The molecule has 4 unspecified atom stereocenters. The van der Waals surface area contributed by atoms with Gasteiger partial charge < -0.3 is 9.84 Å². The van der Waals surface area contributed by atoms with E-state index in [1.165, 1.54) is 37.8 Å². The van der Waals surface area contributed by atoms with E-state index in [1.807, 2.05) is 0 Å². The average molecular weight is 291 g/mol. The van der Waals surface area contributed by atoms with Crippen LogP contribution in [0, 0.1) is 27.9 Å². The first kappa shape index (κ1) is 14.3. The summed E-state index contributed by atoms with van der Waals surface area (Å²) < 4.78 is 5.89. The molecule has 0 amide bonds. The molecule has 5 nitrogen and oxygen atoms in total. The Hall–Kier alpha value is -1.62. The molecule has 2 aliphatic rings. The molecule has 0 radical (unpaired) electrons. The second-order valence-corrected chi connectivity index (χ2v) is 6.40. The van der Waals surface area contributed by atoms with Crippen molar-refractivity contribution >= 4 is 5.69 Å². The summed E-state index contributed by atoms with van der Waals surface area (Å²) in [6.45, 7) is 2.25. The van der Waals surface area contributed by atoms with Gasteiger partial charge in [0.25, 0.3) is 5.69 Å². The maximum Gasteiger partial charge on any atom is 0.270 e. The SMILES string of the molecule is CC(O)c1cc([N+](=O)[O-])ccc1OCC1CC2CCC1C2. The number of hydrogen-bond donors (Lipinski definition) is 1. The van der Waals surface area contributed by atoms with Gasteiger partial charge in [-0.25, -0.2) is 0 Å². The first-order valence-electron chi connectivity index (χ1n) is 7.63. The van der Waals surface area contributed by atoms with Crippen molar-refractivity contribution < 1.29 is 14.8 Å². The monoisotopic (exact) mass is 291 g/mol. The fourth-order valence-corrected chi connectivity index (χ4v) is 3.88. The van der Waals surface area contributed by atoms with Gasteiger partial charge in [-0.3, -0.25) is 10.1 Å². The molecular weight excluding hydrogens is 270 g/mol. The maximum atomic E-state index is 10.8. The van der Waals surface area contributed by atoms with Crippen LogP contribution in [0.5, 0.6) is 5.75 Å². The molecule has 114 valence electrons. The Bertz CT molecular complexity index is 543. The van der Waals surface area contributed by atoms with E-state index in [0.29, 0.717) is 23.8 Å². The van der Waals surface area contributed by atoms with E-state index in [0.717, 1.165) is 11.8 Å². The van der Waals surface area contributed by atoms with Gasteiger partial charge >= 0.3 is 0 Å². The summed E-state index contributed by atoms with van der Waals surface area (Å²) in [5.41, 5.74) is 0.477. The number of rotatable bonds is 5. The second kappa shape index (κ2) is 5.64. The quantitative estimate of drug-likeness (QED) is 0.666. The first-order valence-corrected chi connectivity index (χ1v) is 7.63. The zero-order chi connectivity index (χ0) is 15.0. The summed E-state index contributed by atoms with van der Waals surface area (Å²) in [5, 5.41) is 20.6. The maximum absolute atomic E-state index is 10.8. The van der Waals surface area contributed by atoms with Crippen LogP contribution in [0.1, 0.15) is 44.3 Å². The smallest absolute Gasteiger partial charge is 0.270 e. The Kier molecular flexibility index (Phi) is 3.85. The van der Waals surface area contributed by atoms with Crippen LogP contribution in [-0.2, 0) is 0 Å². The van der Waals surface area contributed by atoms with Crippen LogP contribution in [0.3, 0.4) is 0 Å². The lowest BCUT2D eigenvalue weighted by atomic mass is 9.89. The Morgan fingerprint density at radius 3 is 2.81 bits per heavy atom. The summed E-state index contributed by atoms with van der Waals surface area (Å²) in [5.74, 6) is 2.82. The molecular formula is C16H21NO4. The number of ether oxygens (including phenoxy) is 1. The van der Waals surface area contributed by atoms with E-state index >= 15 is 0 Å². The fraction of sp³-hybridized carbons (Fsp3) is 0.625. The van der Waals surface area contributed by atoms with Gasteiger partial charge in [0.05, 0.1) is 17.6 Å². The van der Waals surface area contributed by atoms with Gasteiger partial charge in [-0.05, 0) is 50.0 Å². The number of aliphatic hydroxyl groups is 1. The molecule has 1 aromatic carbocycles. The number of fused-ring (bicyclic) bond motifs is 2. The molecule has 4 atom stereocenters.